The molecule has 1 aliphatic rings. The van der Waals surface area contributed by atoms with E-state index in [2.05, 4.69) is 43.8 Å². The minimum Gasteiger partial charge on any atom is -0.497 e. The molecule has 1 atom stereocenters. The Labute approximate surface area is 182 Å². The highest BCUT2D eigenvalue weighted by atomic mass is 16.5. The van der Waals surface area contributed by atoms with Crippen LogP contribution in [-0.4, -0.2) is 55.6 Å². The Morgan fingerprint density at radius 3 is 2.68 bits per heavy atom. The Hall–Kier alpha value is -3.36. The summed E-state index contributed by atoms with van der Waals surface area (Å²) in [5.41, 5.74) is 2.42. The Balaban J connectivity index is 1.49. The molecule has 4 rings (SSSR count). The molecule has 9 heteroatoms. The van der Waals surface area contributed by atoms with E-state index in [9.17, 15) is 0 Å². The Kier molecular flexibility index (Phi) is 6.20. The fourth-order valence-electron chi connectivity index (χ4n) is 3.80. The van der Waals surface area contributed by atoms with Gasteiger partial charge in [0, 0.05) is 39.3 Å². The van der Waals surface area contributed by atoms with Crippen LogP contribution in [0.3, 0.4) is 0 Å². The predicted molar refractivity (Wildman–Crippen MR) is 119 cm³/mol. The monoisotopic (exact) mass is 422 g/mol. The molecular weight excluding hydrogens is 392 g/mol. The average Bonchev–Trinajstić information content (AvgIpc) is 3.51. The van der Waals surface area contributed by atoms with Crippen molar-refractivity contribution in [3.05, 3.63) is 59.4 Å². The maximum Gasteiger partial charge on any atom is 0.194 e. The SMILES string of the molecule is COc1ccc(CN=C(NCc2nnc(C)n2C)N2CCC(c3cnn(C)c3)C2)cc1. The lowest BCUT2D eigenvalue weighted by Gasteiger charge is -2.22. The molecular formula is C22H30N8O. The molecule has 3 heterocycles. The number of aromatic nitrogens is 5. The molecule has 0 spiro atoms. The summed E-state index contributed by atoms with van der Waals surface area (Å²) < 4.78 is 9.12. The second-order valence-electron chi connectivity index (χ2n) is 7.94. The first-order chi connectivity index (χ1) is 15.0. The van der Waals surface area contributed by atoms with Gasteiger partial charge in [0.2, 0.25) is 0 Å². The maximum absolute atomic E-state index is 5.25. The average molecular weight is 423 g/mol. The molecule has 0 saturated carbocycles. The van der Waals surface area contributed by atoms with Crippen LogP contribution in [0.1, 0.15) is 35.1 Å². The number of aryl methyl sites for hydroxylation is 2. The van der Waals surface area contributed by atoms with Crippen molar-refractivity contribution in [2.24, 2.45) is 19.1 Å². The van der Waals surface area contributed by atoms with Crippen molar-refractivity contribution in [2.45, 2.75) is 32.4 Å². The molecule has 9 nitrogen and oxygen atoms in total. The molecule has 1 N–H and O–H groups in total. The molecule has 1 saturated heterocycles. The number of likely N-dealkylation sites (tertiary alicyclic amines) is 1. The summed E-state index contributed by atoms with van der Waals surface area (Å²) >= 11 is 0. The van der Waals surface area contributed by atoms with E-state index in [1.54, 1.807) is 7.11 Å². The van der Waals surface area contributed by atoms with Crippen molar-refractivity contribution in [3.8, 4) is 5.75 Å². The van der Waals surface area contributed by atoms with E-state index in [-0.39, 0.29) is 0 Å². The van der Waals surface area contributed by atoms with E-state index in [4.69, 9.17) is 9.73 Å². The summed E-state index contributed by atoms with van der Waals surface area (Å²) in [5.74, 6) is 3.98. The van der Waals surface area contributed by atoms with Crippen molar-refractivity contribution < 1.29 is 4.74 Å². The summed E-state index contributed by atoms with van der Waals surface area (Å²) in [6.07, 6.45) is 5.16. The molecule has 2 aromatic heterocycles. The first-order valence-corrected chi connectivity index (χ1v) is 10.5. The van der Waals surface area contributed by atoms with Gasteiger partial charge in [-0.1, -0.05) is 12.1 Å². The van der Waals surface area contributed by atoms with E-state index >= 15 is 0 Å². The van der Waals surface area contributed by atoms with E-state index < -0.39 is 0 Å². The fourth-order valence-corrected chi connectivity index (χ4v) is 3.80. The van der Waals surface area contributed by atoms with Gasteiger partial charge in [-0.2, -0.15) is 5.10 Å². The van der Waals surface area contributed by atoms with Crippen molar-refractivity contribution >= 4 is 5.96 Å². The van der Waals surface area contributed by atoms with Gasteiger partial charge >= 0.3 is 0 Å². The van der Waals surface area contributed by atoms with Gasteiger partial charge in [0.1, 0.15) is 11.6 Å². The predicted octanol–water partition coefficient (Wildman–Crippen LogP) is 2.00. The first-order valence-electron chi connectivity index (χ1n) is 10.5. The lowest BCUT2D eigenvalue weighted by Crippen LogP contribution is -2.40. The van der Waals surface area contributed by atoms with Gasteiger partial charge in [0.05, 0.1) is 26.4 Å². The topological polar surface area (TPSA) is 85.4 Å². The summed E-state index contributed by atoms with van der Waals surface area (Å²) in [4.78, 5) is 7.25. The third-order valence-electron chi connectivity index (χ3n) is 5.84. The van der Waals surface area contributed by atoms with Crippen LogP contribution in [0.25, 0.3) is 0 Å². The number of hydrogen-bond acceptors (Lipinski definition) is 5. The highest BCUT2D eigenvalue weighted by molar-refractivity contribution is 5.80. The van der Waals surface area contributed by atoms with Gasteiger partial charge in [-0.25, -0.2) is 4.99 Å². The molecule has 1 unspecified atom stereocenters. The number of ether oxygens (including phenoxy) is 1. The van der Waals surface area contributed by atoms with Gasteiger partial charge < -0.3 is 19.5 Å². The molecule has 0 bridgehead atoms. The van der Waals surface area contributed by atoms with Gasteiger partial charge in [-0.15, -0.1) is 10.2 Å². The highest BCUT2D eigenvalue weighted by Crippen LogP contribution is 2.27. The van der Waals surface area contributed by atoms with E-state index in [0.29, 0.717) is 19.0 Å². The Bertz CT molecular complexity index is 1040. The molecule has 0 amide bonds. The minimum absolute atomic E-state index is 0.457. The van der Waals surface area contributed by atoms with Crippen molar-refractivity contribution in [3.63, 3.8) is 0 Å². The van der Waals surface area contributed by atoms with Gasteiger partial charge in [-0.05, 0) is 36.6 Å². The summed E-state index contributed by atoms with van der Waals surface area (Å²) in [5, 5.41) is 16.3. The summed E-state index contributed by atoms with van der Waals surface area (Å²) in [6.45, 7) is 4.99. The van der Waals surface area contributed by atoms with Crippen LogP contribution in [0.15, 0.2) is 41.7 Å². The summed E-state index contributed by atoms with van der Waals surface area (Å²) in [7, 11) is 5.62. The number of nitrogens with zero attached hydrogens (tertiary/aromatic N) is 7. The Morgan fingerprint density at radius 2 is 2.03 bits per heavy atom. The molecule has 0 aliphatic carbocycles. The smallest absolute Gasteiger partial charge is 0.194 e. The largest absolute Gasteiger partial charge is 0.497 e. The molecule has 1 aliphatic heterocycles. The van der Waals surface area contributed by atoms with E-state index in [1.807, 2.05) is 48.6 Å². The van der Waals surface area contributed by atoms with Crippen LogP contribution >= 0.6 is 0 Å². The molecule has 1 aromatic carbocycles. The second kappa shape index (κ2) is 9.20. The quantitative estimate of drug-likeness (QED) is 0.483. The van der Waals surface area contributed by atoms with Gasteiger partial charge in [0.25, 0.3) is 0 Å². The van der Waals surface area contributed by atoms with Crippen LogP contribution in [0.2, 0.25) is 0 Å². The molecule has 1 fully saturated rings. The van der Waals surface area contributed by atoms with E-state index in [0.717, 1.165) is 48.4 Å². The van der Waals surface area contributed by atoms with Crippen LogP contribution < -0.4 is 10.1 Å². The zero-order chi connectivity index (χ0) is 21.8. The molecule has 31 heavy (non-hydrogen) atoms. The van der Waals surface area contributed by atoms with Gasteiger partial charge in [-0.3, -0.25) is 4.68 Å². The van der Waals surface area contributed by atoms with Crippen LogP contribution in [0.4, 0.5) is 0 Å². The standard InChI is InChI=1S/C22H30N8O/c1-16-26-27-21(29(16)3)13-24-22(23-11-17-5-7-20(31-4)8-6-17)30-10-9-18(15-30)19-12-25-28(2)14-19/h5-8,12,14,18H,9-11,13,15H2,1-4H3,(H,23,24). The zero-order valence-electron chi connectivity index (χ0n) is 18.6. The van der Waals surface area contributed by atoms with Crippen LogP contribution in [0.5, 0.6) is 5.75 Å². The fraction of sp³-hybridized carbons (Fsp3) is 0.455. The van der Waals surface area contributed by atoms with Crippen molar-refractivity contribution in [1.29, 1.82) is 0 Å². The van der Waals surface area contributed by atoms with Crippen LogP contribution in [-0.2, 0) is 27.2 Å². The van der Waals surface area contributed by atoms with E-state index in [1.165, 1.54) is 5.56 Å². The molecule has 0 radical (unpaired) electrons. The number of rotatable bonds is 6. The lowest BCUT2D eigenvalue weighted by molar-refractivity contribution is 0.414. The number of aliphatic imine (C=N–C) groups is 1. The zero-order valence-corrected chi connectivity index (χ0v) is 18.6. The molecule has 3 aromatic rings. The van der Waals surface area contributed by atoms with Gasteiger partial charge in [0.15, 0.2) is 11.8 Å². The number of methoxy groups -OCH3 is 1. The lowest BCUT2D eigenvalue weighted by atomic mass is 10.0. The number of guanidine groups is 1. The van der Waals surface area contributed by atoms with Crippen molar-refractivity contribution in [2.75, 3.05) is 20.2 Å². The van der Waals surface area contributed by atoms with Crippen LogP contribution in [0, 0.1) is 6.92 Å². The maximum atomic E-state index is 5.25. The Morgan fingerprint density at radius 1 is 1.23 bits per heavy atom. The normalized spacial score (nSPS) is 16.7. The third kappa shape index (κ3) is 4.87. The second-order valence-corrected chi connectivity index (χ2v) is 7.94. The first kappa shape index (κ1) is 20.9. The van der Waals surface area contributed by atoms with Crippen molar-refractivity contribution in [1.82, 2.24) is 34.8 Å². The number of nitrogens with one attached hydrogen (secondary N) is 1. The third-order valence-corrected chi connectivity index (χ3v) is 5.84. The highest BCUT2D eigenvalue weighted by Gasteiger charge is 2.27. The summed E-state index contributed by atoms with van der Waals surface area (Å²) in [6, 6.07) is 8.03. The minimum atomic E-state index is 0.457. The number of hydrogen-bond donors (Lipinski definition) is 1. The molecule has 164 valence electrons. The number of benzene rings is 1.